The Bertz CT molecular complexity index is 298. The Morgan fingerprint density at radius 1 is 1.20 bits per heavy atom. The molecule has 0 atom stereocenters. The molecule has 82 valence electrons. The van der Waals surface area contributed by atoms with E-state index in [0.717, 1.165) is 19.0 Å². The van der Waals surface area contributed by atoms with E-state index in [1.807, 2.05) is 0 Å². The van der Waals surface area contributed by atoms with Crippen molar-refractivity contribution in [3.8, 4) is 0 Å². The third-order valence-electron chi connectivity index (χ3n) is 3.51. The molecule has 1 aliphatic rings. The van der Waals surface area contributed by atoms with Crippen molar-refractivity contribution >= 4 is 0 Å². The number of hydrogen-bond acceptors (Lipinski definition) is 1. The van der Waals surface area contributed by atoms with E-state index in [0.29, 0.717) is 5.41 Å². The molecule has 1 aliphatic heterocycles. The average Bonchev–Trinajstić information content (AvgIpc) is 2.17. The van der Waals surface area contributed by atoms with Crippen molar-refractivity contribution in [1.82, 2.24) is 5.32 Å². The first-order valence-electron chi connectivity index (χ1n) is 5.99. The largest absolute Gasteiger partial charge is 0.315 e. The van der Waals surface area contributed by atoms with E-state index in [1.54, 1.807) is 0 Å². The van der Waals surface area contributed by atoms with Crippen LogP contribution in [0.2, 0.25) is 0 Å². The maximum atomic E-state index is 3.42. The Morgan fingerprint density at radius 3 is 2.33 bits per heavy atom. The molecule has 1 fully saturated rings. The quantitative estimate of drug-likeness (QED) is 0.793. The van der Waals surface area contributed by atoms with E-state index in [2.05, 4.69) is 49.5 Å². The molecule has 0 saturated carbocycles. The lowest BCUT2D eigenvalue weighted by Crippen LogP contribution is -2.56. The molecule has 1 aromatic rings. The zero-order valence-corrected chi connectivity index (χ0v) is 9.79. The van der Waals surface area contributed by atoms with Crippen LogP contribution >= 0.6 is 0 Å². The van der Waals surface area contributed by atoms with Gasteiger partial charge in [-0.05, 0) is 17.9 Å². The second-order valence-electron chi connectivity index (χ2n) is 5.18. The van der Waals surface area contributed by atoms with Crippen LogP contribution in [0.3, 0.4) is 0 Å². The molecule has 0 bridgehead atoms. The predicted octanol–water partition coefficient (Wildman–Crippen LogP) is 2.96. The molecule has 1 nitrogen and oxygen atoms in total. The van der Waals surface area contributed by atoms with Crippen LogP contribution in [-0.4, -0.2) is 13.1 Å². The highest BCUT2D eigenvalue weighted by Gasteiger charge is 2.37. The van der Waals surface area contributed by atoms with Crippen molar-refractivity contribution in [2.24, 2.45) is 5.92 Å². The summed E-state index contributed by atoms with van der Waals surface area (Å²) in [7, 11) is 0. The van der Waals surface area contributed by atoms with Crippen LogP contribution in [0.15, 0.2) is 30.3 Å². The lowest BCUT2D eigenvalue weighted by Gasteiger charge is -2.44. The zero-order chi connectivity index (χ0) is 10.7. The summed E-state index contributed by atoms with van der Waals surface area (Å²) in [5.74, 6) is 0.811. The Balaban J connectivity index is 2.08. The van der Waals surface area contributed by atoms with E-state index in [9.17, 15) is 0 Å². The van der Waals surface area contributed by atoms with Gasteiger partial charge in [0.15, 0.2) is 0 Å². The summed E-state index contributed by atoms with van der Waals surface area (Å²) in [6.07, 6.45) is 2.65. The van der Waals surface area contributed by atoms with Crippen LogP contribution in [0.25, 0.3) is 0 Å². The van der Waals surface area contributed by atoms with Gasteiger partial charge in [0.05, 0.1) is 0 Å². The van der Waals surface area contributed by atoms with Gasteiger partial charge >= 0.3 is 0 Å². The van der Waals surface area contributed by atoms with Gasteiger partial charge in [-0.3, -0.25) is 0 Å². The van der Waals surface area contributed by atoms with Crippen molar-refractivity contribution in [1.29, 1.82) is 0 Å². The molecule has 0 aliphatic carbocycles. The van der Waals surface area contributed by atoms with Crippen LogP contribution in [0.5, 0.6) is 0 Å². The third-order valence-corrected chi connectivity index (χ3v) is 3.51. The van der Waals surface area contributed by atoms with Crippen LogP contribution < -0.4 is 5.32 Å². The van der Waals surface area contributed by atoms with E-state index in [-0.39, 0.29) is 0 Å². The highest BCUT2D eigenvalue weighted by atomic mass is 15.0. The number of nitrogens with one attached hydrogen (secondary N) is 1. The van der Waals surface area contributed by atoms with Gasteiger partial charge in [-0.15, -0.1) is 0 Å². The van der Waals surface area contributed by atoms with Crippen LogP contribution in [0.1, 0.15) is 32.3 Å². The summed E-state index contributed by atoms with van der Waals surface area (Å²) in [4.78, 5) is 0. The number of benzene rings is 1. The molecule has 15 heavy (non-hydrogen) atoms. The normalized spacial score (nSPS) is 18.9. The minimum Gasteiger partial charge on any atom is -0.315 e. The second-order valence-corrected chi connectivity index (χ2v) is 5.18. The molecule has 0 spiro atoms. The molecule has 0 amide bonds. The topological polar surface area (TPSA) is 12.0 Å². The molecular weight excluding hydrogens is 182 g/mol. The van der Waals surface area contributed by atoms with Gasteiger partial charge in [0, 0.05) is 18.5 Å². The molecule has 1 N–H and O–H groups in total. The second kappa shape index (κ2) is 4.36. The number of hydrogen-bond donors (Lipinski definition) is 1. The molecule has 1 aromatic carbocycles. The Kier molecular flexibility index (Phi) is 3.11. The van der Waals surface area contributed by atoms with Crippen LogP contribution in [0, 0.1) is 5.92 Å². The Morgan fingerprint density at radius 2 is 1.87 bits per heavy atom. The van der Waals surface area contributed by atoms with Crippen LogP contribution in [-0.2, 0) is 5.41 Å². The lowest BCUT2D eigenvalue weighted by atomic mass is 9.71. The molecule has 1 heteroatoms. The molecule has 0 aromatic heterocycles. The fraction of sp³-hybridized carbons (Fsp3) is 0.571. The van der Waals surface area contributed by atoms with Gasteiger partial charge in [-0.1, -0.05) is 50.6 Å². The zero-order valence-electron chi connectivity index (χ0n) is 9.79. The van der Waals surface area contributed by atoms with Gasteiger partial charge in [0.25, 0.3) is 0 Å². The Hall–Kier alpha value is -0.820. The number of rotatable bonds is 4. The van der Waals surface area contributed by atoms with Crippen molar-refractivity contribution in [3.63, 3.8) is 0 Å². The SMILES string of the molecule is CC(C)CCC1(c2ccccc2)CNC1. The van der Waals surface area contributed by atoms with Crippen molar-refractivity contribution < 1.29 is 0 Å². The first-order chi connectivity index (χ1) is 7.23. The third kappa shape index (κ3) is 2.23. The monoisotopic (exact) mass is 203 g/mol. The fourth-order valence-electron chi connectivity index (χ4n) is 2.31. The Labute approximate surface area is 92.9 Å². The molecule has 0 radical (unpaired) electrons. The minimum absolute atomic E-state index is 0.436. The molecular formula is C14H21N. The van der Waals surface area contributed by atoms with E-state index in [1.165, 1.54) is 18.4 Å². The average molecular weight is 203 g/mol. The highest BCUT2D eigenvalue weighted by molar-refractivity contribution is 5.29. The smallest absolute Gasteiger partial charge is 0.0202 e. The minimum atomic E-state index is 0.436. The predicted molar refractivity (Wildman–Crippen MR) is 65.1 cm³/mol. The molecule has 2 rings (SSSR count). The van der Waals surface area contributed by atoms with E-state index < -0.39 is 0 Å². The van der Waals surface area contributed by atoms with E-state index >= 15 is 0 Å². The summed E-state index contributed by atoms with van der Waals surface area (Å²) >= 11 is 0. The molecule has 0 unspecified atom stereocenters. The first-order valence-corrected chi connectivity index (χ1v) is 5.99. The van der Waals surface area contributed by atoms with E-state index in [4.69, 9.17) is 0 Å². The fourth-order valence-corrected chi connectivity index (χ4v) is 2.31. The summed E-state index contributed by atoms with van der Waals surface area (Å²) < 4.78 is 0. The van der Waals surface area contributed by atoms with Gasteiger partial charge in [0.1, 0.15) is 0 Å². The van der Waals surface area contributed by atoms with Gasteiger partial charge < -0.3 is 5.32 Å². The first kappa shape index (κ1) is 10.7. The summed E-state index contributed by atoms with van der Waals surface area (Å²) in [5.41, 5.74) is 1.95. The maximum Gasteiger partial charge on any atom is 0.0202 e. The van der Waals surface area contributed by atoms with Gasteiger partial charge in [-0.25, -0.2) is 0 Å². The summed E-state index contributed by atoms with van der Waals surface area (Å²) in [5, 5.41) is 3.42. The highest BCUT2D eigenvalue weighted by Crippen LogP contribution is 2.34. The van der Waals surface area contributed by atoms with Crippen molar-refractivity contribution in [2.75, 3.05) is 13.1 Å². The van der Waals surface area contributed by atoms with Gasteiger partial charge in [0.2, 0.25) is 0 Å². The van der Waals surface area contributed by atoms with Gasteiger partial charge in [-0.2, -0.15) is 0 Å². The lowest BCUT2D eigenvalue weighted by molar-refractivity contribution is 0.241. The maximum absolute atomic E-state index is 3.42. The van der Waals surface area contributed by atoms with Crippen molar-refractivity contribution in [3.05, 3.63) is 35.9 Å². The molecule has 1 saturated heterocycles. The van der Waals surface area contributed by atoms with Crippen molar-refractivity contribution in [2.45, 2.75) is 32.1 Å². The summed E-state index contributed by atoms with van der Waals surface area (Å²) in [6.45, 7) is 6.93. The summed E-state index contributed by atoms with van der Waals surface area (Å²) in [6, 6.07) is 11.0. The standard InChI is InChI=1S/C14H21N/c1-12(2)8-9-14(10-15-11-14)13-6-4-3-5-7-13/h3-7,12,15H,8-11H2,1-2H3. The van der Waals surface area contributed by atoms with Crippen LogP contribution in [0.4, 0.5) is 0 Å². The molecule has 1 heterocycles.